The van der Waals surface area contributed by atoms with E-state index in [0.717, 1.165) is 0 Å². The number of hydrogen-bond donors (Lipinski definition) is 0. The van der Waals surface area contributed by atoms with Crippen molar-refractivity contribution in [2.24, 2.45) is 10.8 Å². The van der Waals surface area contributed by atoms with Crippen molar-refractivity contribution in [3.05, 3.63) is 0 Å². The van der Waals surface area contributed by atoms with Crippen LogP contribution in [0.4, 0.5) is 0 Å². The number of hydrogen-bond acceptors (Lipinski definition) is 0. The fraction of sp³-hybridized carbons (Fsp3) is 1.00. The minimum absolute atomic E-state index is 0.447. The molecule has 0 aliphatic heterocycles. The zero-order valence-corrected chi connectivity index (χ0v) is 10.0. The summed E-state index contributed by atoms with van der Waals surface area (Å²) in [4.78, 5) is 0. The van der Waals surface area contributed by atoms with Gasteiger partial charge in [-0.2, -0.15) is 0 Å². The smallest absolute Gasteiger partial charge is 0.0241 e. The summed E-state index contributed by atoms with van der Waals surface area (Å²) in [6.45, 7) is 13.9. The first-order chi connectivity index (χ1) is 4.65. The molecular weight excluding hydrogens is 151 g/mol. The van der Waals surface area contributed by atoms with E-state index < -0.39 is 0 Å². The quantitative estimate of drug-likeness (QED) is 0.560. The molecule has 68 valence electrons. The topological polar surface area (TPSA) is 0 Å². The summed E-state index contributed by atoms with van der Waals surface area (Å²) in [5, 5.41) is 0. The summed E-state index contributed by atoms with van der Waals surface area (Å²) in [6.07, 6.45) is 1.28. The molecule has 0 aliphatic carbocycles. The monoisotopic (exact) mass is 174 g/mol. The highest BCUT2D eigenvalue weighted by Gasteiger charge is 2.28. The Morgan fingerprint density at radius 2 is 1.45 bits per heavy atom. The van der Waals surface area contributed by atoms with Crippen LogP contribution in [0.2, 0.25) is 0 Å². The van der Waals surface area contributed by atoms with Gasteiger partial charge < -0.3 is 0 Å². The van der Waals surface area contributed by atoms with E-state index in [0.29, 0.717) is 16.5 Å². The van der Waals surface area contributed by atoms with Crippen molar-refractivity contribution in [1.29, 1.82) is 0 Å². The molecule has 11 heavy (non-hydrogen) atoms. The molecular formula is C10H23P. The molecule has 0 aromatic rings. The van der Waals surface area contributed by atoms with Crippen molar-refractivity contribution < 1.29 is 0 Å². The van der Waals surface area contributed by atoms with Gasteiger partial charge in [-0.05, 0) is 22.9 Å². The Morgan fingerprint density at radius 1 is 1.09 bits per heavy atom. The fourth-order valence-electron chi connectivity index (χ4n) is 1.53. The van der Waals surface area contributed by atoms with Gasteiger partial charge in [-0.25, -0.2) is 0 Å². The van der Waals surface area contributed by atoms with Crippen molar-refractivity contribution in [3.63, 3.8) is 0 Å². The van der Waals surface area contributed by atoms with Gasteiger partial charge in [-0.15, -0.1) is 9.24 Å². The van der Waals surface area contributed by atoms with Gasteiger partial charge in [0.25, 0.3) is 0 Å². The first kappa shape index (κ1) is 11.4. The van der Waals surface area contributed by atoms with E-state index in [1.54, 1.807) is 0 Å². The lowest BCUT2D eigenvalue weighted by Crippen LogP contribution is -2.27. The molecule has 0 radical (unpaired) electrons. The van der Waals surface area contributed by atoms with E-state index in [-0.39, 0.29) is 0 Å². The molecule has 1 heteroatoms. The summed E-state index contributed by atoms with van der Waals surface area (Å²) >= 11 is 0. The molecule has 2 unspecified atom stereocenters. The van der Waals surface area contributed by atoms with Gasteiger partial charge in [0.1, 0.15) is 0 Å². The molecule has 0 aromatic carbocycles. The van der Waals surface area contributed by atoms with Gasteiger partial charge >= 0.3 is 0 Å². The average Bonchev–Trinajstić information content (AvgIpc) is 1.56. The second-order valence-electron chi connectivity index (χ2n) is 5.51. The Morgan fingerprint density at radius 3 is 1.55 bits per heavy atom. The lowest BCUT2D eigenvalue weighted by molar-refractivity contribution is 0.212. The zero-order valence-electron chi connectivity index (χ0n) is 8.86. The summed E-state index contributed by atoms with van der Waals surface area (Å²) in [5.41, 5.74) is 1.60. The lowest BCUT2D eigenvalue weighted by Gasteiger charge is -2.35. The minimum Gasteiger partial charge on any atom is -0.134 e. The second-order valence-corrected chi connectivity index (χ2v) is 6.51. The van der Waals surface area contributed by atoms with Gasteiger partial charge in [-0.3, -0.25) is 0 Å². The summed E-state index contributed by atoms with van der Waals surface area (Å²) in [6, 6.07) is 0. The van der Waals surface area contributed by atoms with Crippen LogP contribution in [0, 0.1) is 10.8 Å². The zero-order chi connectivity index (χ0) is 9.28. The molecule has 0 heterocycles. The second kappa shape index (κ2) is 3.44. The van der Waals surface area contributed by atoms with Crippen molar-refractivity contribution in [2.45, 2.75) is 53.6 Å². The maximum absolute atomic E-state index is 2.91. The minimum atomic E-state index is 0.447. The van der Waals surface area contributed by atoms with Gasteiger partial charge in [0.05, 0.1) is 0 Å². The molecule has 2 atom stereocenters. The predicted molar refractivity (Wildman–Crippen MR) is 57.0 cm³/mol. The van der Waals surface area contributed by atoms with Crippen molar-refractivity contribution in [1.82, 2.24) is 0 Å². The summed E-state index contributed by atoms with van der Waals surface area (Å²) in [7, 11) is 2.91. The highest BCUT2D eigenvalue weighted by atomic mass is 31.0. The van der Waals surface area contributed by atoms with Crippen molar-refractivity contribution in [3.8, 4) is 0 Å². The summed E-state index contributed by atoms with van der Waals surface area (Å²) < 4.78 is 0. The lowest BCUT2D eigenvalue weighted by atomic mass is 9.74. The molecule has 0 saturated heterocycles. The maximum atomic E-state index is 2.91. The molecule has 0 bridgehead atoms. The third-order valence-corrected chi connectivity index (χ3v) is 3.12. The third kappa shape index (κ3) is 4.80. The first-order valence-corrected chi connectivity index (χ1v) is 5.07. The van der Waals surface area contributed by atoms with Crippen LogP contribution < -0.4 is 0 Å². The van der Waals surface area contributed by atoms with Crippen LogP contribution >= 0.6 is 9.24 Å². The third-order valence-electron chi connectivity index (χ3n) is 2.22. The van der Waals surface area contributed by atoms with Crippen LogP contribution in [0.1, 0.15) is 48.0 Å². The molecule has 0 aliphatic rings. The van der Waals surface area contributed by atoms with E-state index in [2.05, 4.69) is 50.8 Å². The Labute approximate surface area is 74.4 Å². The Hall–Kier alpha value is 0.430. The normalized spacial score (nSPS) is 16.6. The van der Waals surface area contributed by atoms with Crippen molar-refractivity contribution >= 4 is 9.24 Å². The fourth-order valence-corrected chi connectivity index (χ4v) is 1.65. The molecule has 0 saturated carbocycles. The van der Waals surface area contributed by atoms with Gasteiger partial charge in [0, 0.05) is 0 Å². The predicted octanol–water partition coefficient (Wildman–Crippen LogP) is 3.71. The van der Waals surface area contributed by atoms with E-state index in [4.69, 9.17) is 0 Å². The SMILES string of the molecule is CC(P)C(C)(C)CC(C)(C)C. The highest BCUT2D eigenvalue weighted by Crippen LogP contribution is 2.38. The van der Waals surface area contributed by atoms with Crippen LogP contribution in [0.15, 0.2) is 0 Å². The van der Waals surface area contributed by atoms with E-state index in [1.807, 2.05) is 0 Å². The van der Waals surface area contributed by atoms with Crippen LogP contribution in [0.25, 0.3) is 0 Å². The molecule has 0 spiro atoms. The standard InChI is InChI=1S/C10H23P/c1-8(11)10(5,6)7-9(2,3)4/h8H,7,11H2,1-6H3. The van der Waals surface area contributed by atoms with Crippen LogP contribution in [-0.4, -0.2) is 5.66 Å². The maximum Gasteiger partial charge on any atom is -0.0241 e. The van der Waals surface area contributed by atoms with Crippen molar-refractivity contribution in [2.75, 3.05) is 0 Å². The number of rotatable bonds is 2. The Balaban J connectivity index is 4.13. The van der Waals surface area contributed by atoms with Crippen LogP contribution in [0.5, 0.6) is 0 Å². The Bertz CT molecular complexity index is 117. The van der Waals surface area contributed by atoms with Crippen LogP contribution in [0.3, 0.4) is 0 Å². The summed E-state index contributed by atoms with van der Waals surface area (Å²) in [5.74, 6) is 0. The van der Waals surface area contributed by atoms with E-state index in [9.17, 15) is 0 Å². The molecule has 0 N–H and O–H groups in total. The van der Waals surface area contributed by atoms with Crippen LogP contribution in [-0.2, 0) is 0 Å². The van der Waals surface area contributed by atoms with E-state index in [1.165, 1.54) is 6.42 Å². The van der Waals surface area contributed by atoms with Gasteiger partial charge in [0.15, 0.2) is 0 Å². The highest BCUT2D eigenvalue weighted by molar-refractivity contribution is 7.17. The molecule has 0 aromatic heterocycles. The Kier molecular flexibility index (Phi) is 3.57. The molecule has 0 fully saturated rings. The molecule has 0 amide bonds. The van der Waals surface area contributed by atoms with Gasteiger partial charge in [0.2, 0.25) is 0 Å². The largest absolute Gasteiger partial charge is 0.134 e. The molecule has 0 nitrogen and oxygen atoms in total. The van der Waals surface area contributed by atoms with E-state index >= 15 is 0 Å². The molecule has 0 rings (SSSR count). The van der Waals surface area contributed by atoms with Gasteiger partial charge in [-0.1, -0.05) is 41.5 Å². The average molecular weight is 174 g/mol. The first-order valence-electron chi connectivity index (χ1n) is 4.41.